The van der Waals surface area contributed by atoms with Crippen molar-refractivity contribution in [2.75, 3.05) is 13.1 Å². The highest BCUT2D eigenvalue weighted by Crippen LogP contribution is 2.56. The molecular formula is C24H31NO2. The molecule has 2 aliphatic rings. The number of hydrogen-bond donors (Lipinski definition) is 1. The molecule has 2 aromatic rings. The fraction of sp³-hybridized carbons (Fsp3) is 0.500. The van der Waals surface area contributed by atoms with Gasteiger partial charge in [0.15, 0.2) is 0 Å². The van der Waals surface area contributed by atoms with Crippen molar-refractivity contribution in [3.8, 4) is 11.5 Å². The Bertz CT molecular complexity index is 816. The highest BCUT2D eigenvalue weighted by molar-refractivity contribution is 5.45. The zero-order valence-electron chi connectivity index (χ0n) is 16.9. The highest BCUT2D eigenvalue weighted by atomic mass is 16.5. The van der Waals surface area contributed by atoms with Crippen LogP contribution in [0.4, 0.5) is 0 Å². The van der Waals surface area contributed by atoms with Crippen LogP contribution in [0.2, 0.25) is 0 Å². The maximum atomic E-state index is 10.0. The van der Waals surface area contributed by atoms with Crippen molar-refractivity contribution in [3.63, 3.8) is 0 Å². The molecule has 1 heterocycles. The van der Waals surface area contributed by atoms with E-state index in [-0.39, 0.29) is 16.9 Å². The second-order valence-electron chi connectivity index (χ2n) is 9.10. The molecule has 1 fully saturated rings. The van der Waals surface area contributed by atoms with E-state index in [9.17, 15) is 5.11 Å². The third-order valence-electron chi connectivity index (χ3n) is 7.26. The lowest BCUT2D eigenvalue weighted by Crippen LogP contribution is -2.64. The van der Waals surface area contributed by atoms with Crippen LogP contribution in [0.25, 0.3) is 0 Å². The molecule has 3 nitrogen and oxygen atoms in total. The SMILES string of the molecule is C[C@@H](CN1CC[C@@]2(C)c3ccc(O)cc3C[C@@H]1C2(C)C)Oc1ccccc1. The first-order valence-corrected chi connectivity index (χ1v) is 10.1. The van der Waals surface area contributed by atoms with Crippen molar-refractivity contribution in [1.29, 1.82) is 0 Å². The molecule has 27 heavy (non-hydrogen) atoms. The first kappa shape index (κ1) is 18.4. The number of aromatic hydroxyl groups is 1. The summed E-state index contributed by atoms with van der Waals surface area (Å²) in [6.07, 6.45) is 2.26. The van der Waals surface area contributed by atoms with E-state index in [1.54, 1.807) is 0 Å². The summed E-state index contributed by atoms with van der Waals surface area (Å²) in [6, 6.07) is 16.5. The average Bonchev–Trinajstić information content (AvgIpc) is 2.61. The van der Waals surface area contributed by atoms with Crippen molar-refractivity contribution in [1.82, 2.24) is 4.90 Å². The van der Waals surface area contributed by atoms with Gasteiger partial charge in [0, 0.05) is 18.0 Å². The molecule has 0 radical (unpaired) electrons. The van der Waals surface area contributed by atoms with E-state index in [0.29, 0.717) is 11.8 Å². The van der Waals surface area contributed by atoms with Gasteiger partial charge in [-0.15, -0.1) is 0 Å². The number of ether oxygens (including phenoxy) is 1. The standard InChI is InChI=1S/C24H31NO2/c1-17(27-20-8-6-5-7-9-20)16-25-13-12-24(4)21-11-10-19(26)14-18(21)15-22(25)23(24,2)3/h5-11,14,17,22,26H,12-13,15-16H2,1-4H3/t17-,22+,24-/m0/s1. The summed E-state index contributed by atoms with van der Waals surface area (Å²) >= 11 is 0. The van der Waals surface area contributed by atoms with E-state index in [1.165, 1.54) is 11.1 Å². The van der Waals surface area contributed by atoms with E-state index < -0.39 is 0 Å². The van der Waals surface area contributed by atoms with Gasteiger partial charge in [0.25, 0.3) is 0 Å². The van der Waals surface area contributed by atoms with Crippen LogP contribution in [0.3, 0.4) is 0 Å². The second-order valence-corrected chi connectivity index (χ2v) is 9.10. The molecule has 0 spiro atoms. The third-order valence-corrected chi connectivity index (χ3v) is 7.26. The fourth-order valence-electron chi connectivity index (χ4n) is 5.35. The van der Waals surface area contributed by atoms with Gasteiger partial charge in [-0.25, -0.2) is 0 Å². The minimum Gasteiger partial charge on any atom is -0.508 e. The lowest BCUT2D eigenvalue weighted by Gasteiger charge is -2.61. The van der Waals surface area contributed by atoms with Gasteiger partial charge in [-0.2, -0.15) is 0 Å². The van der Waals surface area contributed by atoms with Crippen molar-refractivity contribution in [2.24, 2.45) is 5.41 Å². The maximum absolute atomic E-state index is 10.0. The van der Waals surface area contributed by atoms with E-state index in [0.717, 1.165) is 31.7 Å². The molecule has 2 aromatic carbocycles. The molecule has 0 saturated carbocycles. The Labute approximate surface area is 163 Å². The number of phenolic OH excluding ortho intramolecular Hbond substituents is 1. The number of hydrogen-bond acceptors (Lipinski definition) is 3. The molecule has 0 unspecified atom stereocenters. The molecule has 1 aliphatic carbocycles. The summed E-state index contributed by atoms with van der Waals surface area (Å²) in [5.74, 6) is 1.31. The van der Waals surface area contributed by atoms with Crippen molar-refractivity contribution >= 4 is 0 Å². The van der Waals surface area contributed by atoms with Crippen LogP contribution in [0, 0.1) is 5.41 Å². The Morgan fingerprint density at radius 3 is 2.63 bits per heavy atom. The first-order chi connectivity index (χ1) is 12.8. The van der Waals surface area contributed by atoms with Crippen molar-refractivity contribution in [2.45, 2.75) is 58.1 Å². The Kier molecular flexibility index (Phi) is 4.46. The monoisotopic (exact) mass is 365 g/mol. The number of para-hydroxylation sites is 1. The summed E-state index contributed by atoms with van der Waals surface area (Å²) in [5.41, 5.74) is 3.04. The van der Waals surface area contributed by atoms with Gasteiger partial charge < -0.3 is 9.84 Å². The summed E-state index contributed by atoms with van der Waals surface area (Å²) < 4.78 is 6.15. The molecule has 2 bridgehead atoms. The largest absolute Gasteiger partial charge is 0.508 e. The van der Waals surface area contributed by atoms with Crippen LogP contribution in [-0.4, -0.2) is 35.2 Å². The zero-order chi connectivity index (χ0) is 19.2. The minimum absolute atomic E-state index is 0.137. The zero-order valence-corrected chi connectivity index (χ0v) is 16.9. The van der Waals surface area contributed by atoms with Crippen LogP contribution in [0.15, 0.2) is 48.5 Å². The molecule has 1 aliphatic heterocycles. The molecule has 0 amide bonds. The predicted octanol–water partition coefficient (Wildman–Crippen LogP) is 4.77. The van der Waals surface area contributed by atoms with Gasteiger partial charge in [-0.1, -0.05) is 45.0 Å². The van der Waals surface area contributed by atoms with E-state index in [4.69, 9.17) is 4.74 Å². The third kappa shape index (κ3) is 3.02. The summed E-state index contributed by atoms with van der Waals surface area (Å²) in [4.78, 5) is 2.61. The van der Waals surface area contributed by atoms with Gasteiger partial charge in [-0.05, 0) is 67.1 Å². The quantitative estimate of drug-likeness (QED) is 0.847. The molecule has 1 saturated heterocycles. The lowest BCUT2D eigenvalue weighted by molar-refractivity contribution is -0.0496. The number of benzene rings is 2. The predicted molar refractivity (Wildman–Crippen MR) is 109 cm³/mol. The van der Waals surface area contributed by atoms with Gasteiger partial charge >= 0.3 is 0 Å². The van der Waals surface area contributed by atoms with Crippen molar-refractivity contribution < 1.29 is 9.84 Å². The van der Waals surface area contributed by atoms with Gasteiger partial charge in [-0.3, -0.25) is 4.90 Å². The fourth-order valence-corrected chi connectivity index (χ4v) is 5.35. The Hall–Kier alpha value is -2.00. The maximum Gasteiger partial charge on any atom is 0.119 e. The molecular weight excluding hydrogens is 334 g/mol. The first-order valence-electron chi connectivity index (χ1n) is 10.1. The lowest BCUT2D eigenvalue weighted by atomic mass is 9.51. The summed E-state index contributed by atoms with van der Waals surface area (Å²) in [7, 11) is 0. The number of rotatable bonds is 4. The molecule has 3 heteroatoms. The molecule has 144 valence electrons. The van der Waals surface area contributed by atoms with Crippen LogP contribution < -0.4 is 4.74 Å². The van der Waals surface area contributed by atoms with Gasteiger partial charge in [0.2, 0.25) is 0 Å². The van der Waals surface area contributed by atoms with Crippen LogP contribution in [0.1, 0.15) is 45.2 Å². The van der Waals surface area contributed by atoms with E-state index in [2.05, 4.69) is 38.7 Å². The summed E-state index contributed by atoms with van der Waals surface area (Å²) in [6.45, 7) is 11.4. The van der Waals surface area contributed by atoms with Crippen LogP contribution in [-0.2, 0) is 11.8 Å². The number of phenols is 1. The van der Waals surface area contributed by atoms with Crippen molar-refractivity contribution in [3.05, 3.63) is 59.7 Å². The Balaban J connectivity index is 1.58. The minimum atomic E-state index is 0.137. The number of nitrogens with zero attached hydrogens (tertiary/aromatic N) is 1. The highest BCUT2D eigenvalue weighted by Gasteiger charge is 2.55. The number of fused-ring (bicyclic) bond motifs is 4. The van der Waals surface area contributed by atoms with Gasteiger partial charge in [0.05, 0.1) is 0 Å². The topological polar surface area (TPSA) is 32.7 Å². The molecule has 4 rings (SSSR count). The normalized spacial score (nSPS) is 27.6. The summed E-state index contributed by atoms with van der Waals surface area (Å²) in [5, 5.41) is 10.0. The van der Waals surface area contributed by atoms with Crippen LogP contribution >= 0.6 is 0 Å². The van der Waals surface area contributed by atoms with Gasteiger partial charge in [0.1, 0.15) is 17.6 Å². The average molecular weight is 366 g/mol. The van der Waals surface area contributed by atoms with E-state index in [1.807, 2.05) is 42.5 Å². The molecule has 1 N–H and O–H groups in total. The van der Waals surface area contributed by atoms with Crippen LogP contribution in [0.5, 0.6) is 11.5 Å². The number of piperidine rings is 1. The smallest absolute Gasteiger partial charge is 0.119 e. The Morgan fingerprint density at radius 2 is 1.89 bits per heavy atom. The van der Waals surface area contributed by atoms with E-state index >= 15 is 0 Å². The number of likely N-dealkylation sites (tertiary alicyclic amines) is 1. The second kappa shape index (κ2) is 6.56. The molecule has 0 aromatic heterocycles. The molecule has 3 atom stereocenters. The Morgan fingerprint density at radius 1 is 1.15 bits per heavy atom.